The normalized spacial score (nSPS) is 15.4. The first-order valence-electron chi connectivity index (χ1n) is 5.30. The predicted octanol–water partition coefficient (Wildman–Crippen LogP) is 3.78. The van der Waals surface area contributed by atoms with Crippen LogP contribution < -0.4 is 0 Å². The SMILES string of the molecule is SCCCCCC(S)C(S)CCCS. The molecule has 0 nitrogen and oxygen atoms in total. The lowest BCUT2D eigenvalue weighted by atomic mass is 10.1. The molecule has 0 aliphatic rings. The third-order valence-electron chi connectivity index (χ3n) is 2.26. The Morgan fingerprint density at radius 2 is 1.14 bits per heavy atom. The number of hydrogen-bond acceptors (Lipinski definition) is 4. The first kappa shape index (κ1) is 15.4. The van der Waals surface area contributed by atoms with Gasteiger partial charge in [-0.2, -0.15) is 50.5 Å². The van der Waals surface area contributed by atoms with Crippen LogP contribution in [0.15, 0.2) is 0 Å². The average molecular weight is 271 g/mol. The fraction of sp³-hybridized carbons (Fsp3) is 1.00. The monoisotopic (exact) mass is 270 g/mol. The minimum Gasteiger partial charge on any atom is -0.179 e. The summed E-state index contributed by atoms with van der Waals surface area (Å²) in [7, 11) is 0. The van der Waals surface area contributed by atoms with E-state index in [1.54, 1.807) is 0 Å². The van der Waals surface area contributed by atoms with E-state index in [0.29, 0.717) is 10.5 Å². The van der Waals surface area contributed by atoms with E-state index in [-0.39, 0.29) is 0 Å². The predicted molar refractivity (Wildman–Crippen MR) is 81.0 cm³/mol. The van der Waals surface area contributed by atoms with E-state index in [2.05, 4.69) is 50.5 Å². The van der Waals surface area contributed by atoms with Gasteiger partial charge in [0.15, 0.2) is 0 Å². The molecule has 0 aliphatic heterocycles. The van der Waals surface area contributed by atoms with Crippen LogP contribution in [0.25, 0.3) is 0 Å². The maximum Gasteiger partial charge on any atom is 0.0134 e. The van der Waals surface area contributed by atoms with E-state index in [1.165, 1.54) is 25.7 Å². The highest BCUT2D eigenvalue weighted by molar-refractivity contribution is 7.85. The Hall–Kier alpha value is 1.40. The number of thiol groups is 4. The van der Waals surface area contributed by atoms with Gasteiger partial charge in [-0.25, -0.2) is 0 Å². The molecular weight excluding hydrogens is 248 g/mol. The molecule has 0 fully saturated rings. The smallest absolute Gasteiger partial charge is 0.0134 e. The summed E-state index contributed by atoms with van der Waals surface area (Å²) in [5, 5.41) is 0.875. The summed E-state index contributed by atoms with van der Waals surface area (Å²) in [4.78, 5) is 0. The summed E-state index contributed by atoms with van der Waals surface area (Å²) in [6, 6.07) is 0. The van der Waals surface area contributed by atoms with Crippen molar-refractivity contribution in [3.8, 4) is 0 Å². The van der Waals surface area contributed by atoms with Crippen molar-refractivity contribution in [1.29, 1.82) is 0 Å². The van der Waals surface area contributed by atoms with E-state index in [1.807, 2.05) is 0 Å². The van der Waals surface area contributed by atoms with Gasteiger partial charge in [0, 0.05) is 10.5 Å². The average Bonchev–Trinajstić information content (AvgIpc) is 2.20. The van der Waals surface area contributed by atoms with Crippen molar-refractivity contribution in [3.05, 3.63) is 0 Å². The minimum absolute atomic E-state index is 0.432. The first-order valence-corrected chi connectivity index (χ1v) is 7.60. The lowest BCUT2D eigenvalue weighted by molar-refractivity contribution is 0.614. The highest BCUT2D eigenvalue weighted by atomic mass is 32.1. The molecule has 0 radical (unpaired) electrons. The van der Waals surface area contributed by atoms with E-state index >= 15 is 0 Å². The van der Waals surface area contributed by atoms with Crippen molar-refractivity contribution in [1.82, 2.24) is 0 Å². The second-order valence-electron chi connectivity index (χ2n) is 3.57. The standard InChI is InChI=1S/C10H22S4/c11-7-3-1-2-5-9(13)10(14)6-4-8-12/h9-14H,1-8H2. The Kier molecular flexibility index (Phi) is 12.0. The molecule has 86 valence electrons. The topological polar surface area (TPSA) is 0 Å². The molecule has 0 aliphatic carbocycles. The van der Waals surface area contributed by atoms with Crippen molar-refractivity contribution >= 4 is 50.5 Å². The Balaban J connectivity index is 3.36. The molecule has 0 aromatic heterocycles. The molecule has 0 saturated heterocycles. The van der Waals surface area contributed by atoms with Gasteiger partial charge >= 0.3 is 0 Å². The molecule has 0 aromatic rings. The van der Waals surface area contributed by atoms with Crippen LogP contribution in [0.3, 0.4) is 0 Å². The highest BCUT2D eigenvalue weighted by Gasteiger charge is 2.12. The summed E-state index contributed by atoms with van der Waals surface area (Å²) in [5.41, 5.74) is 0. The van der Waals surface area contributed by atoms with E-state index in [0.717, 1.165) is 24.3 Å². The van der Waals surface area contributed by atoms with Crippen LogP contribution in [-0.2, 0) is 0 Å². The van der Waals surface area contributed by atoms with Gasteiger partial charge in [0.05, 0.1) is 0 Å². The molecule has 2 atom stereocenters. The minimum atomic E-state index is 0.432. The zero-order chi connectivity index (χ0) is 10.8. The van der Waals surface area contributed by atoms with Crippen molar-refractivity contribution in [2.75, 3.05) is 11.5 Å². The molecule has 0 aromatic carbocycles. The fourth-order valence-corrected chi connectivity index (χ4v) is 2.40. The molecule has 0 saturated carbocycles. The molecule has 0 amide bonds. The van der Waals surface area contributed by atoms with Crippen LogP contribution >= 0.6 is 50.5 Å². The molecule has 0 spiro atoms. The zero-order valence-corrected chi connectivity index (χ0v) is 12.2. The Morgan fingerprint density at radius 3 is 1.64 bits per heavy atom. The van der Waals surface area contributed by atoms with E-state index < -0.39 is 0 Å². The molecule has 4 heteroatoms. The van der Waals surface area contributed by atoms with E-state index in [4.69, 9.17) is 0 Å². The highest BCUT2D eigenvalue weighted by Crippen LogP contribution is 2.20. The Labute approximate surface area is 111 Å². The van der Waals surface area contributed by atoms with Gasteiger partial charge < -0.3 is 0 Å². The number of unbranched alkanes of at least 4 members (excludes halogenated alkanes) is 2. The summed E-state index contributed by atoms with van der Waals surface area (Å²) in [6.07, 6.45) is 7.20. The second kappa shape index (κ2) is 10.9. The lowest BCUT2D eigenvalue weighted by Crippen LogP contribution is -2.15. The van der Waals surface area contributed by atoms with Gasteiger partial charge in [-0.1, -0.05) is 12.8 Å². The van der Waals surface area contributed by atoms with Crippen molar-refractivity contribution in [2.45, 2.75) is 49.0 Å². The third-order valence-corrected chi connectivity index (χ3v) is 4.36. The zero-order valence-electron chi connectivity index (χ0n) is 8.60. The molecule has 0 rings (SSSR count). The van der Waals surface area contributed by atoms with Crippen LogP contribution in [-0.4, -0.2) is 22.0 Å². The summed E-state index contributed by atoms with van der Waals surface area (Å²) in [5.74, 6) is 1.96. The van der Waals surface area contributed by atoms with Gasteiger partial charge in [-0.05, 0) is 37.2 Å². The third kappa shape index (κ3) is 8.69. The maximum absolute atomic E-state index is 4.58. The molecule has 2 unspecified atom stereocenters. The maximum atomic E-state index is 4.58. The van der Waals surface area contributed by atoms with Crippen molar-refractivity contribution < 1.29 is 0 Å². The van der Waals surface area contributed by atoms with Gasteiger partial charge in [0.2, 0.25) is 0 Å². The molecule has 0 bridgehead atoms. The summed E-state index contributed by atoms with van der Waals surface area (Å²) in [6.45, 7) is 0. The molecular formula is C10H22S4. The van der Waals surface area contributed by atoms with Gasteiger partial charge in [0.25, 0.3) is 0 Å². The van der Waals surface area contributed by atoms with Crippen LogP contribution in [0.2, 0.25) is 0 Å². The van der Waals surface area contributed by atoms with Gasteiger partial charge in [-0.15, -0.1) is 0 Å². The molecule has 0 heterocycles. The second-order valence-corrected chi connectivity index (χ2v) is 5.79. The van der Waals surface area contributed by atoms with E-state index in [9.17, 15) is 0 Å². The lowest BCUT2D eigenvalue weighted by Gasteiger charge is -2.17. The largest absolute Gasteiger partial charge is 0.179 e. The van der Waals surface area contributed by atoms with Crippen LogP contribution in [0, 0.1) is 0 Å². The Morgan fingerprint density at radius 1 is 0.643 bits per heavy atom. The quantitative estimate of drug-likeness (QED) is 0.356. The van der Waals surface area contributed by atoms with Crippen LogP contribution in [0.5, 0.6) is 0 Å². The number of rotatable bonds is 9. The molecule has 14 heavy (non-hydrogen) atoms. The van der Waals surface area contributed by atoms with Crippen molar-refractivity contribution in [2.24, 2.45) is 0 Å². The Bertz CT molecular complexity index is 119. The van der Waals surface area contributed by atoms with Gasteiger partial charge in [0.1, 0.15) is 0 Å². The van der Waals surface area contributed by atoms with Crippen LogP contribution in [0.1, 0.15) is 38.5 Å². The van der Waals surface area contributed by atoms with Crippen LogP contribution in [0.4, 0.5) is 0 Å². The summed E-state index contributed by atoms with van der Waals surface area (Å²) >= 11 is 17.5. The van der Waals surface area contributed by atoms with Crippen molar-refractivity contribution in [3.63, 3.8) is 0 Å². The molecule has 0 N–H and O–H groups in total. The fourth-order valence-electron chi connectivity index (χ4n) is 1.33. The summed E-state index contributed by atoms with van der Waals surface area (Å²) < 4.78 is 0. The number of hydrogen-bond donors (Lipinski definition) is 4. The first-order chi connectivity index (χ1) is 6.72. The van der Waals surface area contributed by atoms with Gasteiger partial charge in [-0.3, -0.25) is 0 Å².